The lowest BCUT2D eigenvalue weighted by Crippen LogP contribution is -2.19. The molecule has 0 saturated carbocycles. The second kappa shape index (κ2) is 6.93. The van der Waals surface area contributed by atoms with Crippen molar-refractivity contribution in [2.75, 3.05) is 12.4 Å². The van der Waals surface area contributed by atoms with Crippen LogP contribution in [-0.4, -0.2) is 13.0 Å². The van der Waals surface area contributed by atoms with Gasteiger partial charge in [-0.3, -0.25) is 4.79 Å². The highest BCUT2D eigenvalue weighted by molar-refractivity contribution is 5.78. The molecule has 0 heterocycles. The maximum Gasteiger partial charge on any atom is 0.224 e. The second-order valence-electron chi connectivity index (χ2n) is 5.27. The fourth-order valence-electron chi connectivity index (χ4n) is 2.39. The smallest absolute Gasteiger partial charge is 0.224 e. The first-order valence-electron chi connectivity index (χ1n) is 7.21. The zero-order valence-corrected chi connectivity index (χ0v) is 12.8. The summed E-state index contributed by atoms with van der Waals surface area (Å²) in [6, 6.07) is 16.7. The Morgan fingerprint density at radius 1 is 1.10 bits per heavy atom. The van der Waals surface area contributed by atoms with E-state index in [4.69, 9.17) is 0 Å². The molecule has 3 heteroatoms. The van der Waals surface area contributed by atoms with Crippen LogP contribution in [0.3, 0.4) is 0 Å². The van der Waals surface area contributed by atoms with Crippen LogP contribution in [0.25, 0.3) is 0 Å². The van der Waals surface area contributed by atoms with Crippen molar-refractivity contribution in [2.45, 2.75) is 26.3 Å². The molecule has 0 spiro atoms. The number of anilines is 1. The van der Waals surface area contributed by atoms with Crippen LogP contribution >= 0.6 is 0 Å². The number of carbonyl (C=O) groups is 1. The lowest BCUT2D eigenvalue weighted by atomic mass is 10.0. The Morgan fingerprint density at radius 2 is 1.76 bits per heavy atom. The SMILES string of the molecule is CNC(=O)Cc1ccc(NC(C)c2ccccc2C)cc1. The van der Waals surface area contributed by atoms with Crippen molar-refractivity contribution in [2.24, 2.45) is 0 Å². The predicted octanol–water partition coefficient (Wildman–Crippen LogP) is 3.46. The number of likely N-dealkylation sites (N-methyl/N-ethyl adjacent to an activating group) is 1. The average molecular weight is 282 g/mol. The van der Waals surface area contributed by atoms with Crippen molar-refractivity contribution in [3.63, 3.8) is 0 Å². The number of benzene rings is 2. The molecule has 0 aliphatic carbocycles. The molecule has 1 atom stereocenters. The van der Waals surface area contributed by atoms with Crippen LogP contribution in [-0.2, 0) is 11.2 Å². The summed E-state index contributed by atoms with van der Waals surface area (Å²) in [6.45, 7) is 4.28. The van der Waals surface area contributed by atoms with Crippen molar-refractivity contribution in [3.05, 3.63) is 65.2 Å². The van der Waals surface area contributed by atoms with Gasteiger partial charge in [0.15, 0.2) is 0 Å². The van der Waals surface area contributed by atoms with E-state index in [1.54, 1.807) is 7.05 Å². The monoisotopic (exact) mass is 282 g/mol. The molecule has 0 aliphatic rings. The Balaban J connectivity index is 2.03. The van der Waals surface area contributed by atoms with Gasteiger partial charge in [0.05, 0.1) is 6.42 Å². The minimum atomic E-state index is 0.0315. The van der Waals surface area contributed by atoms with Crippen molar-refractivity contribution in [3.8, 4) is 0 Å². The van der Waals surface area contributed by atoms with Crippen molar-refractivity contribution < 1.29 is 4.79 Å². The van der Waals surface area contributed by atoms with E-state index < -0.39 is 0 Å². The van der Waals surface area contributed by atoms with Crippen LogP contribution in [0.4, 0.5) is 5.69 Å². The maximum atomic E-state index is 11.3. The van der Waals surface area contributed by atoms with Crippen LogP contribution in [0.1, 0.15) is 29.7 Å². The summed E-state index contributed by atoms with van der Waals surface area (Å²) in [6.07, 6.45) is 0.421. The minimum Gasteiger partial charge on any atom is -0.379 e. The third-order valence-corrected chi connectivity index (χ3v) is 3.64. The molecule has 2 N–H and O–H groups in total. The molecule has 2 rings (SSSR count). The number of carbonyl (C=O) groups excluding carboxylic acids is 1. The molecular formula is C18H22N2O. The first-order chi connectivity index (χ1) is 10.1. The predicted molar refractivity (Wildman–Crippen MR) is 87.4 cm³/mol. The van der Waals surface area contributed by atoms with Gasteiger partial charge in [-0.05, 0) is 42.7 Å². The standard InChI is InChI=1S/C18H22N2O/c1-13-6-4-5-7-17(13)14(2)20-16-10-8-15(9-11-16)12-18(21)19-3/h4-11,14,20H,12H2,1-3H3,(H,19,21). The quantitative estimate of drug-likeness (QED) is 0.882. The summed E-state index contributed by atoms with van der Waals surface area (Å²) in [5, 5.41) is 6.13. The van der Waals surface area contributed by atoms with Gasteiger partial charge in [-0.15, -0.1) is 0 Å². The molecule has 2 aromatic carbocycles. The van der Waals surface area contributed by atoms with Gasteiger partial charge >= 0.3 is 0 Å². The molecule has 3 nitrogen and oxygen atoms in total. The van der Waals surface area contributed by atoms with Crippen LogP contribution in [0.15, 0.2) is 48.5 Å². The summed E-state index contributed by atoms with van der Waals surface area (Å²) < 4.78 is 0. The molecule has 0 aliphatic heterocycles. The Kier molecular flexibility index (Phi) is 4.99. The summed E-state index contributed by atoms with van der Waals surface area (Å²) in [5.41, 5.74) is 4.66. The highest BCUT2D eigenvalue weighted by Gasteiger charge is 2.08. The number of rotatable bonds is 5. The highest BCUT2D eigenvalue weighted by atomic mass is 16.1. The summed E-state index contributed by atoms with van der Waals surface area (Å²) in [7, 11) is 1.65. The van der Waals surface area contributed by atoms with Crippen molar-refractivity contribution in [1.82, 2.24) is 5.32 Å². The maximum absolute atomic E-state index is 11.3. The molecule has 21 heavy (non-hydrogen) atoms. The van der Waals surface area contributed by atoms with E-state index >= 15 is 0 Å². The van der Waals surface area contributed by atoms with E-state index in [2.05, 4.69) is 48.7 Å². The third-order valence-electron chi connectivity index (χ3n) is 3.64. The molecule has 0 bridgehead atoms. The van der Waals surface area contributed by atoms with Crippen LogP contribution in [0, 0.1) is 6.92 Å². The van der Waals surface area contributed by atoms with Gasteiger partial charge in [-0.25, -0.2) is 0 Å². The molecule has 0 saturated heterocycles. The Labute approximate surface area is 126 Å². The van der Waals surface area contributed by atoms with E-state index in [-0.39, 0.29) is 11.9 Å². The summed E-state index contributed by atoms with van der Waals surface area (Å²) in [4.78, 5) is 11.3. The second-order valence-corrected chi connectivity index (χ2v) is 5.27. The number of hydrogen-bond donors (Lipinski definition) is 2. The van der Waals surface area contributed by atoms with Crippen LogP contribution in [0.5, 0.6) is 0 Å². The Bertz CT molecular complexity index is 605. The van der Waals surface area contributed by atoms with E-state index in [0.717, 1.165) is 11.3 Å². The molecule has 0 radical (unpaired) electrons. The van der Waals surface area contributed by atoms with E-state index in [1.807, 2.05) is 24.3 Å². The lowest BCUT2D eigenvalue weighted by Gasteiger charge is -2.18. The van der Waals surface area contributed by atoms with E-state index in [9.17, 15) is 4.79 Å². The van der Waals surface area contributed by atoms with Crippen molar-refractivity contribution in [1.29, 1.82) is 0 Å². The Hall–Kier alpha value is -2.29. The largest absolute Gasteiger partial charge is 0.379 e. The number of hydrogen-bond acceptors (Lipinski definition) is 2. The highest BCUT2D eigenvalue weighted by Crippen LogP contribution is 2.22. The Morgan fingerprint density at radius 3 is 2.38 bits per heavy atom. The molecule has 0 fully saturated rings. The normalized spacial score (nSPS) is 11.8. The van der Waals surface area contributed by atoms with Crippen LogP contribution in [0.2, 0.25) is 0 Å². The van der Waals surface area contributed by atoms with Gasteiger partial charge in [-0.2, -0.15) is 0 Å². The van der Waals surface area contributed by atoms with E-state index in [0.29, 0.717) is 6.42 Å². The molecular weight excluding hydrogens is 260 g/mol. The number of amides is 1. The van der Waals surface area contributed by atoms with E-state index in [1.165, 1.54) is 11.1 Å². The van der Waals surface area contributed by atoms with Gasteiger partial charge in [0.25, 0.3) is 0 Å². The minimum absolute atomic E-state index is 0.0315. The number of aryl methyl sites for hydroxylation is 1. The van der Waals surface area contributed by atoms with Gasteiger partial charge in [0.2, 0.25) is 5.91 Å². The molecule has 0 aromatic heterocycles. The fourth-order valence-corrected chi connectivity index (χ4v) is 2.39. The van der Waals surface area contributed by atoms with Gasteiger partial charge in [0.1, 0.15) is 0 Å². The summed E-state index contributed by atoms with van der Waals surface area (Å²) >= 11 is 0. The molecule has 110 valence electrons. The fraction of sp³-hybridized carbons (Fsp3) is 0.278. The van der Waals surface area contributed by atoms with Crippen LogP contribution < -0.4 is 10.6 Å². The molecule has 2 aromatic rings. The van der Waals surface area contributed by atoms with Gasteiger partial charge in [-0.1, -0.05) is 36.4 Å². The molecule has 1 unspecified atom stereocenters. The zero-order chi connectivity index (χ0) is 15.2. The van der Waals surface area contributed by atoms with Crippen molar-refractivity contribution >= 4 is 11.6 Å². The first kappa shape index (κ1) is 15.1. The first-order valence-corrected chi connectivity index (χ1v) is 7.21. The average Bonchev–Trinajstić information content (AvgIpc) is 2.49. The third kappa shape index (κ3) is 4.09. The number of nitrogens with one attached hydrogen (secondary N) is 2. The van der Waals surface area contributed by atoms with Gasteiger partial charge < -0.3 is 10.6 Å². The van der Waals surface area contributed by atoms with Gasteiger partial charge in [0, 0.05) is 18.8 Å². The molecule has 1 amide bonds. The summed E-state index contributed by atoms with van der Waals surface area (Å²) in [5.74, 6) is 0.0315. The lowest BCUT2D eigenvalue weighted by molar-refractivity contribution is -0.119. The zero-order valence-electron chi connectivity index (χ0n) is 12.8. The topological polar surface area (TPSA) is 41.1 Å².